The molecular formula is C15H16FN5. The van der Waals surface area contributed by atoms with Gasteiger partial charge in [-0.15, -0.1) is 0 Å². The second kappa shape index (κ2) is 5.23. The lowest BCUT2D eigenvalue weighted by Gasteiger charge is -2.19. The number of hydrogen-bond acceptors (Lipinski definition) is 4. The lowest BCUT2D eigenvalue weighted by molar-refractivity contribution is 0.558. The highest BCUT2D eigenvalue weighted by Crippen LogP contribution is 2.29. The van der Waals surface area contributed by atoms with Gasteiger partial charge >= 0.3 is 0 Å². The normalized spacial score (nSPS) is 12.8. The maximum absolute atomic E-state index is 14.4. The summed E-state index contributed by atoms with van der Waals surface area (Å²) in [5, 5.41) is 4.25. The summed E-state index contributed by atoms with van der Waals surface area (Å²) in [6.45, 7) is 3.74. The first kappa shape index (κ1) is 13.7. The van der Waals surface area contributed by atoms with Crippen molar-refractivity contribution in [1.82, 2.24) is 20.0 Å². The number of rotatable bonds is 3. The zero-order valence-corrected chi connectivity index (χ0v) is 11.8. The number of benzene rings is 1. The number of aryl methyl sites for hydroxylation is 2. The van der Waals surface area contributed by atoms with Crippen molar-refractivity contribution < 1.29 is 4.39 Å². The largest absolute Gasteiger partial charge is 0.271 e. The zero-order chi connectivity index (χ0) is 15.0. The molecule has 0 saturated heterocycles. The Morgan fingerprint density at radius 1 is 1.29 bits per heavy atom. The number of nitrogens with zero attached hydrogens (tertiary/aromatic N) is 3. The number of nitrogens with one attached hydrogen (secondary N) is 1. The maximum atomic E-state index is 14.4. The van der Waals surface area contributed by atoms with Crippen molar-refractivity contribution in [2.75, 3.05) is 0 Å². The monoisotopic (exact) mass is 285 g/mol. The molecule has 0 bridgehead atoms. The van der Waals surface area contributed by atoms with Gasteiger partial charge < -0.3 is 0 Å². The van der Waals surface area contributed by atoms with Gasteiger partial charge in [0.1, 0.15) is 5.82 Å². The molecule has 1 aromatic carbocycles. The minimum absolute atomic E-state index is 0.279. The lowest BCUT2D eigenvalue weighted by atomic mass is 9.94. The first-order valence-electron chi connectivity index (χ1n) is 6.62. The Labute approximate surface area is 121 Å². The van der Waals surface area contributed by atoms with E-state index in [1.54, 1.807) is 29.3 Å². The molecule has 108 valence electrons. The van der Waals surface area contributed by atoms with Crippen molar-refractivity contribution in [3.8, 4) is 0 Å². The summed E-state index contributed by atoms with van der Waals surface area (Å²) in [5.74, 6) is 5.41. The van der Waals surface area contributed by atoms with Crippen LogP contribution in [0, 0.1) is 19.7 Å². The molecule has 21 heavy (non-hydrogen) atoms. The molecule has 3 rings (SSSR count). The van der Waals surface area contributed by atoms with Crippen molar-refractivity contribution in [3.05, 3.63) is 65.0 Å². The average molecular weight is 285 g/mol. The van der Waals surface area contributed by atoms with Gasteiger partial charge in [-0.25, -0.2) is 14.3 Å². The maximum Gasteiger partial charge on any atom is 0.128 e. The van der Waals surface area contributed by atoms with Gasteiger partial charge in [-0.3, -0.25) is 10.8 Å². The van der Waals surface area contributed by atoms with Gasteiger partial charge in [-0.05, 0) is 31.0 Å². The molecule has 0 amide bonds. The van der Waals surface area contributed by atoms with E-state index in [1.165, 1.54) is 6.07 Å². The molecule has 0 saturated carbocycles. The molecule has 0 aliphatic rings. The van der Waals surface area contributed by atoms with Crippen LogP contribution in [-0.4, -0.2) is 14.6 Å². The molecule has 0 aliphatic heterocycles. The summed E-state index contributed by atoms with van der Waals surface area (Å²) < 4.78 is 16.1. The zero-order valence-electron chi connectivity index (χ0n) is 11.8. The summed E-state index contributed by atoms with van der Waals surface area (Å²) >= 11 is 0. The summed E-state index contributed by atoms with van der Waals surface area (Å²) in [4.78, 5) is 4.09. The molecule has 3 N–H and O–H groups in total. The Balaban J connectivity index is 2.19. The van der Waals surface area contributed by atoms with Gasteiger partial charge in [0.05, 0.1) is 24.0 Å². The summed E-state index contributed by atoms with van der Waals surface area (Å²) in [6.07, 6.45) is 6.76. The molecule has 0 aliphatic carbocycles. The van der Waals surface area contributed by atoms with Gasteiger partial charge in [0.2, 0.25) is 0 Å². The Bertz CT molecular complexity index is 773. The Kier molecular flexibility index (Phi) is 3.40. The number of nitrogens with two attached hydrogens (primary N) is 1. The van der Waals surface area contributed by atoms with Gasteiger partial charge in [-0.2, -0.15) is 5.10 Å². The van der Waals surface area contributed by atoms with E-state index in [2.05, 4.69) is 15.5 Å². The minimum atomic E-state index is -0.479. The molecular weight excluding hydrogens is 269 g/mol. The van der Waals surface area contributed by atoms with Crippen LogP contribution in [0.4, 0.5) is 4.39 Å². The molecule has 0 fully saturated rings. The van der Waals surface area contributed by atoms with E-state index in [1.807, 2.05) is 19.9 Å². The molecule has 3 aromatic rings. The minimum Gasteiger partial charge on any atom is -0.271 e. The first-order valence-corrected chi connectivity index (χ1v) is 6.62. The highest BCUT2D eigenvalue weighted by atomic mass is 19.1. The van der Waals surface area contributed by atoms with Crippen molar-refractivity contribution in [1.29, 1.82) is 0 Å². The quantitative estimate of drug-likeness (QED) is 0.571. The summed E-state index contributed by atoms with van der Waals surface area (Å²) in [6, 6.07) is 2.97. The van der Waals surface area contributed by atoms with Gasteiger partial charge in [-0.1, -0.05) is 6.07 Å². The van der Waals surface area contributed by atoms with Crippen LogP contribution in [0.2, 0.25) is 0 Å². The fourth-order valence-electron chi connectivity index (χ4n) is 2.70. The highest BCUT2D eigenvalue weighted by Gasteiger charge is 2.22. The molecule has 1 atom stereocenters. The van der Waals surface area contributed by atoms with Crippen molar-refractivity contribution in [2.24, 2.45) is 5.84 Å². The standard InChI is InChI=1S/C15H16FN5/c1-9-5-10(2)14(12(16)6-9)15(20-17)11-7-19-21-4-3-18-8-13(11)21/h3-8,15,20H,17H2,1-2H3. The molecule has 1 unspecified atom stereocenters. The smallest absolute Gasteiger partial charge is 0.128 e. The van der Waals surface area contributed by atoms with Crippen LogP contribution >= 0.6 is 0 Å². The number of halogens is 1. The van der Waals surface area contributed by atoms with Crippen LogP contribution in [0.15, 0.2) is 36.9 Å². The topological polar surface area (TPSA) is 68.2 Å². The fraction of sp³-hybridized carbons (Fsp3) is 0.200. The highest BCUT2D eigenvalue weighted by molar-refractivity contribution is 5.56. The van der Waals surface area contributed by atoms with E-state index in [4.69, 9.17) is 5.84 Å². The summed E-state index contributed by atoms with van der Waals surface area (Å²) in [7, 11) is 0. The van der Waals surface area contributed by atoms with Crippen LogP contribution in [-0.2, 0) is 0 Å². The molecule has 0 spiro atoms. The molecule has 2 aromatic heterocycles. The van der Waals surface area contributed by atoms with E-state index in [0.717, 1.165) is 22.2 Å². The lowest BCUT2D eigenvalue weighted by Crippen LogP contribution is -2.30. The number of hydrogen-bond donors (Lipinski definition) is 2. The van der Waals surface area contributed by atoms with Crippen molar-refractivity contribution >= 4 is 5.52 Å². The number of fused-ring (bicyclic) bond motifs is 1. The van der Waals surface area contributed by atoms with E-state index in [9.17, 15) is 4.39 Å². The Morgan fingerprint density at radius 3 is 2.81 bits per heavy atom. The third-order valence-corrected chi connectivity index (χ3v) is 3.60. The van der Waals surface area contributed by atoms with Crippen LogP contribution in [0.25, 0.3) is 5.52 Å². The van der Waals surface area contributed by atoms with Crippen LogP contribution in [0.3, 0.4) is 0 Å². The molecule has 5 nitrogen and oxygen atoms in total. The van der Waals surface area contributed by atoms with Crippen LogP contribution < -0.4 is 11.3 Å². The second-order valence-electron chi connectivity index (χ2n) is 5.08. The van der Waals surface area contributed by atoms with Crippen molar-refractivity contribution in [2.45, 2.75) is 19.9 Å². The van der Waals surface area contributed by atoms with Gasteiger partial charge in [0.15, 0.2) is 0 Å². The molecule has 6 heteroatoms. The van der Waals surface area contributed by atoms with E-state index in [0.29, 0.717) is 5.56 Å². The predicted octanol–water partition coefficient (Wildman–Crippen LogP) is 2.04. The van der Waals surface area contributed by atoms with E-state index < -0.39 is 6.04 Å². The molecule has 0 radical (unpaired) electrons. The van der Waals surface area contributed by atoms with E-state index >= 15 is 0 Å². The number of aromatic nitrogens is 3. The molecule has 2 heterocycles. The third kappa shape index (κ3) is 2.28. The fourth-order valence-corrected chi connectivity index (χ4v) is 2.70. The average Bonchev–Trinajstić information content (AvgIpc) is 2.86. The van der Waals surface area contributed by atoms with Crippen LogP contribution in [0.1, 0.15) is 28.3 Å². The first-order chi connectivity index (χ1) is 10.1. The van der Waals surface area contributed by atoms with Crippen LogP contribution in [0.5, 0.6) is 0 Å². The third-order valence-electron chi connectivity index (χ3n) is 3.60. The van der Waals surface area contributed by atoms with E-state index in [-0.39, 0.29) is 5.82 Å². The van der Waals surface area contributed by atoms with Gasteiger partial charge in [0.25, 0.3) is 0 Å². The summed E-state index contributed by atoms with van der Waals surface area (Å²) in [5.41, 5.74) is 6.53. The number of hydrazine groups is 1. The van der Waals surface area contributed by atoms with Crippen molar-refractivity contribution in [3.63, 3.8) is 0 Å². The Hall–Kier alpha value is -2.31. The Morgan fingerprint density at radius 2 is 2.10 bits per heavy atom. The predicted molar refractivity (Wildman–Crippen MR) is 78.0 cm³/mol. The SMILES string of the molecule is Cc1cc(C)c(C(NN)c2cnn3ccncc23)c(F)c1. The second-order valence-corrected chi connectivity index (χ2v) is 5.08. The van der Waals surface area contributed by atoms with Gasteiger partial charge in [0, 0.05) is 23.5 Å².